The number of nitrogens with one attached hydrogen (secondary N) is 1. The Morgan fingerprint density at radius 2 is 1.78 bits per heavy atom. The second-order valence-electron chi connectivity index (χ2n) is 6.53. The lowest BCUT2D eigenvalue weighted by atomic mass is 9.98. The normalized spacial score (nSPS) is 13.6. The van der Waals surface area contributed by atoms with Crippen molar-refractivity contribution in [3.8, 4) is 17.2 Å². The predicted octanol–water partition coefficient (Wildman–Crippen LogP) is 3.10. The van der Waals surface area contributed by atoms with Crippen LogP contribution in [0.25, 0.3) is 0 Å². The molecule has 1 N–H and O–H groups in total. The molecule has 3 rings (SSSR count). The fourth-order valence-corrected chi connectivity index (χ4v) is 3.32. The van der Waals surface area contributed by atoms with E-state index in [0.29, 0.717) is 13.0 Å². The van der Waals surface area contributed by atoms with Crippen molar-refractivity contribution in [1.82, 2.24) is 4.90 Å². The summed E-state index contributed by atoms with van der Waals surface area (Å²) in [6.07, 6.45) is 1.38. The first kappa shape index (κ1) is 19.0. The average molecular weight is 370 g/mol. The molecule has 2 aromatic carbocycles. The van der Waals surface area contributed by atoms with Crippen LogP contribution in [0.15, 0.2) is 36.4 Å². The SMILES string of the molecule is COc1cccc(NC(=O)CCN2CCc3cc(OC)c(OC)cc3C2)c1. The molecular weight excluding hydrogens is 344 g/mol. The quantitative estimate of drug-likeness (QED) is 0.812. The molecule has 27 heavy (non-hydrogen) atoms. The molecule has 0 atom stereocenters. The molecule has 6 nitrogen and oxygen atoms in total. The number of rotatable bonds is 7. The third kappa shape index (κ3) is 4.71. The third-order valence-corrected chi connectivity index (χ3v) is 4.81. The summed E-state index contributed by atoms with van der Waals surface area (Å²) < 4.78 is 16.0. The summed E-state index contributed by atoms with van der Waals surface area (Å²) >= 11 is 0. The van der Waals surface area contributed by atoms with Gasteiger partial charge in [-0.25, -0.2) is 0 Å². The smallest absolute Gasteiger partial charge is 0.225 e. The summed E-state index contributed by atoms with van der Waals surface area (Å²) in [5.74, 6) is 2.24. The van der Waals surface area contributed by atoms with Gasteiger partial charge in [-0.15, -0.1) is 0 Å². The van der Waals surface area contributed by atoms with E-state index >= 15 is 0 Å². The van der Waals surface area contributed by atoms with Crippen molar-refractivity contribution in [2.24, 2.45) is 0 Å². The Labute approximate surface area is 160 Å². The minimum absolute atomic E-state index is 0.00126. The molecule has 2 aromatic rings. The molecule has 0 fully saturated rings. The van der Waals surface area contributed by atoms with Gasteiger partial charge in [0.05, 0.1) is 21.3 Å². The van der Waals surface area contributed by atoms with Gasteiger partial charge in [0.2, 0.25) is 5.91 Å². The van der Waals surface area contributed by atoms with Crippen LogP contribution in [0.3, 0.4) is 0 Å². The van der Waals surface area contributed by atoms with E-state index in [-0.39, 0.29) is 5.91 Å². The molecular formula is C21H26N2O4. The zero-order valence-corrected chi connectivity index (χ0v) is 16.1. The third-order valence-electron chi connectivity index (χ3n) is 4.81. The molecule has 0 unspecified atom stereocenters. The zero-order valence-electron chi connectivity index (χ0n) is 16.1. The first-order chi connectivity index (χ1) is 13.1. The molecule has 0 radical (unpaired) electrons. The standard InChI is InChI=1S/C21H26N2O4/c1-25-18-6-4-5-17(13-18)22-21(24)8-10-23-9-7-15-11-19(26-2)20(27-3)12-16(15)14-23/h4-6,11-13H,7-10,14H2,1-3H3,(H,22,24). The molecule has 144 valence electrons. The van der Waals surface area contributed by atoms with Crippen LogP contribution in [-0.2, 0) is 17.8 Å². The number of carbonyl (C=O) groups is 1. The van der Waals surface area contributed by atoms with Crippen molar-refractivity contribution in [3.63, 3.8) is 0 Å². The van der Waals surface area contributed by atoms with Crippen LogP contribution >= 0.6 is 0 Å². The van der Waals surface area contributed by atoms with Gasteiger partial charge in [-0.1, -0.05) is 6.07 Å². The molecule has 1 heterocycles. The van der Waals surface area contributed by atoms with E-state index in [4.69, 9.17) is 14.2 Å². The number of ether oxygens (including phenoxy) is 3. The van der Waals surface area contributed by atoms with E-state index in [1.54, 1.807) is 21.3 Å². The Morgan fingerprint density at radius 1 is 1.04 bits per heavy atom. The fraction of sp³-hybridized carbons (Fsp3) is 0.381. The van der Waals surface area contributed by atoms with Crippen molar-refractivity contribution in [2.45, 2.75) is 19.4 Å². The zero-order chi connectivity index (χ0) is 19.2. The van der Waals surface area contributed by atoms with Crippen molar-refractivity contribution in [1.29, 1.82) is 0 Å². The van der Waals surface area contributed by atoms with Crippen molar-refractivity contribution in [2.75, 3.05) is 39.7 Å². The van der Waals surface area contributed by atoms with Crippen LogP contribution in [-0.4, -0.2) is 45.2 Å². The maximum atomic E-state index is 12.3. The Balaban J connectivity index is 1.56. The van der Waals surface area contributed by atoms with E-state index in [1.807, 2.05) is 30.3 Å². The van der Waals surface area contributed by atoms with E-state index in [9.17, 15) is 4.79 Å². The molecule has 0 aliphatic carbocycles. The molecule has 1 amide bonds. The van der Waals surface area contributed by atoms with Crippen molar-refractivity contribution < 1.29 is 19.0 Å². The highest BCUT2D eigenvalue weighted by atomic mass is 16.5. The van der Waals surface area contributed by atoms with Crippen molar-refractivity contribution >= 4 is 11.6 Å². The lowest BCUT2D eigenvalue weighted by molar-refractivity contribution is -0.116. The number of hydrogen-bond donors (Lipinski definition) is 1. The van der Waals surface area contributed by atoms with Gasteiger partial charge in [-0.2, -0.15) is 0 Å². The number of methoxy groups -OCH3 is 3. The van der Waals surface area contributed by atoms with E-state index < -0.39 is 0 Å². The lowest BCUT2D eigenvalue weighted by Gasteiger charge is -2.29. The van der Waals surface area contributed by atoms with Crippen LogP contribution in [0.4, 0.5) is 5.69 Å². The van der Waals surface area contributed by atoms with Gasteiger partial charge in [0.1, 0.15) is 5.75 Å². The highest BCUT2D eigenvalue weighted by Crippen LogP contribution is 2.33. The van der Waals surface area contributed by atoms with E-state index in [0.717, 1.165) is 42.4 Å². The minimum atomic E-state index is 0.00126. The number of benzene rings is 2. The number of fused-ring (bicyclic) bond motifs is 1. The number of anilines is 1. The lowest BCUT2D eigenvalue weighted by Crippen LogP contribution is -2.33. The summed E-state index contributed by atoms with van der Waals surface area (Å²) in [4.78, 5) is 14.6. The van der Waals surface area contributed by atoms with E-state index in [2.05, 4.69) is 16.3 Å². The Bertz CT molecular complexity index is 807. The van der Waals surface area contributed by atoms with Crippen LogP contribution in [0.2, 0.25) is 0 Å². The first-order valence-corrected chi connectivity index (χ1v) is 9.03. The summed E-state index contributed by atoms with van der Waals surface area (Å²) in [5, 5.41) is 2.93. The molecule has 6 heteroatoms. The van der Waals surface area contributed by atoms with Gasteiger partial charge in [0.15, 0.2) is 11.5 Å². The second-order valence-corrected chi connectivity index (χ2v) is 6.53. The maximum Gasteiger partial charge on any atom is 0.225 e. The fourth-order valence-electron chi connectivity index (χ4n) is 3.32. The Morgan fingerprint density at radius 3 is 2.48 bits per heavy atom. The number of nitrogens with zero attached hydrogens (tertiary/aromatic N) is 1. The Kier molecular flexibility index (Phi) is 6.19. The van der Waals surface area contributed by atoms with Gasteiger partial charge in [-0.3, -0.25) is 9.69 Å². The highest BCUT2D eigenvalue weighted by Gasteiger charge is 2.20. The maximum absolute atomic E-state index is 12.3. The van der Waals surface area contributed by atoms with Gasteiger partial charge < -0.3 is 19.5 Å². The molecule has 0 bridgehead atoms. The molecule has 1 aliphatic heterocycles. The molecule has 1 aliphatic rings. The number of carbonyl (C=O) groups excluding carboxylic acids is 1. The second kappa shape index (κ2) is 8.77. The van der Waals surface area contributed by atoms with Crippen LogP contribution in [0.5, 0.6) is 17.2 Å². The first-order valence-electron chi connectivity index (χ1n) is 9.03. The van der Waals surface area contributed by atoms with Crippen LogP contribution < -0.4 is 19.5 Å². The van der Waals surface area contributed by atoms with Crippen molar-refractivity contribution in [3.05, 3.63) is 47.5 Å². The topological polar surface area (TPSA) is 60.0 Å². The number of hydrogen-bond acceptors (Lipinski definition) is 5. The summed E-state index contributed by atoms with van der Waals surface area (Å²) in [5.41, 5.74) is 3.26. The van der Waals surface area contributed by atoms with Gasteiger partial charge in [0, 0.05) is 37.8 Å². The van der Waals surface area contributed by atoms with Gasteiger partial charge in [-0.05, 0) is 41.8 Å². The molecule has 0 aromatic heterocycles. The van der Waals surface area contributed by atoms with Gasteiger partial charge in [0.25, 0.3) is 0 Å². The highest BCUT2D eigenvalue weighted by molar-refractivity contribution is 5.91. The molecule has 0 saturated carbocycles. The van der Waals surface area contributed by atoms with Crippen LogP contribution in [0.1, 0.15) is 17.5 Å². The average Bonchev–Trinajstić information content (AvgIpc) is 2.71. The monoisotopic (exact) mass is 370 g/mol. The summed E-state index contributed by atoms with van der Waals surface area (Å²) in [6, 6.07) is 11.5. The van der Waals surface area contributed by atoms with Crippen LogP contribution in [0, 0.1) is 0 Å². The Hall–Kier alpha value is -2.73. The van der Waals surface area contributed by atoms with Gasteiger partial charge >= 0.3 is 0 Å². The summed E-state index contributed by atoms with van der Waals surface area (Å²) in [6.45, 7) is 2.45. The number of amides is 1. The molecule has 0 saturated heterocycles. The predicted molar refractivity (Wildman–Crippen MR) is 105 cm³/mol. The van der Waals surface area contributed by atoms with E-state index in [1.165, 1.54) is 11.1 Å². The minimum Gasteiger partial charge on any atom is -0.497 e. The largest absolute Gasteiger partial charge is 0.497 e. The summed E-state index contributed by atoms with van der Waals surface area (Å²) in [7, 11) is 4.91. The molecule has 0 spiro atoms.